The molecule has 1 spiro atoms. The minimum absolute atomic E-state index is 0.118. The number of nitrogens with two attached hydrogens (primary N) is 1. The summed E-state index contributed by atoms with van der Waals surface area (Å²) in [5.74, 6) is 0.402. The first-order chi connectivity index (χ1) is 18.0. The first-order valence-corrected chi connectivity index (χ1v) is 11.9. The predicted molar refractivity (Wildman–Crippen MR) is 138 cm³/mol. The van der Waals surface area contributed by atoms with E-state index in [9.17, 15) is 10.1 Å². The molecule has 4 heterocycles. The molecule has 3 aromatic carbocycles. The maximum atomic E-state index is 14.0. The number of halogens is 1. The number of hydrogen-bond acceptors (Lipinski definition) is 6. The summed E-state index contributed by atoms with van der Waals surface area (Å²) in [6.45, 7) is 1.78. The van der Waals surface area contributed by atoms with Crippen molar-refractivity contribution >= 4 is 22.7 Å². The number of allylic oxidation sites excluding steroid dienone is 1. The maximum Gasteiger partial charge on any atom is 0.266 e. The molecule has 0 saturated carbocycles. The number of aromatic nitrogens is 4. The van der Waals surface area contributed by atoms with Crippen LogP contribution < -0.4 is 16.0 Å². The van der Waals surface area contributed by atoms with Crippen LogP contribution >= 0.6 is 11.8 Å². The fourth-order valence-corrected chi connectivity index (χ4v) is 5.89. The van der Waals surface area contributed by atoms with Gasteiger partial charge in [0.05, 0.1) is 27.8 Å². The Morgan fingerprint density at radius 1 is 1.05 bits per heavy atom. The molecule has 2 N–H and O–H groups in total. The van der Waals surface area contributed by atoms with Crippen molar-refractivity contribution in [1.29, 1.82) is 5.26 Å². The van der Waals surface area contributed by atoms with E-state index in [1.807, 2.05) is 54.6 Å². The normalized spacial score (nSPS) is 17.3. The van der Waals surface area contributed by atoms with Gasteiger partial charge in [0.15, 0.2) is 0 Å². The zero-order chi connectivity index (χ0) is 25.5. The summed E-state index contributed by atoms with van der Waals surface area (Å²) < 4.78 is 8.47. The van der Waals surface area contributed by atoms with E-state index in [0.29, 0.717) is 39.2 Å². The fraction of sp³-hybridized carbons (Fsp3) is 0.0714. The SMILES string of the molecule is Cc1nn(Cl)c2c1[C@@]1(C(C#N)=C(N)O2)c2cc(-c3ccccc3)ccc2-n2c1nc1ccccc1c2=O. The lowest BCUT2D eigenvalue weighted by Crippen LogP contribution is -2.39. The van der Waals surface area contributed by atoms with Crippen LogP contribution in [0.15, 0.2) is 89.0 Å². The van der Waals surface area contributed by atoms with Crippen LogP contribution in [0.1, 0.15) is 22.6 Å². The highest BCUT2D eigenvalue weighted by Gasteiger charge is 2.57. The second-order valence-corrected chi connectivity index (χ2v) is 9.34. The Morgan fingerprint density at radius 3 is 2.59 bits per heavy atom. The highest BCUT2D eigenvalue weighted by molar-refractivity contribution is 6.15. The van der Waals surface area contributed by atoms with Crippen LogP contribution in [0.5, 0.6) is 5.88 Å². The van der Waals surface area contributed by atoms with Crippen LogP contribution in [0.2, 0.25) is 0 Å². The Morgan fingerprint density at radius 2 is 1.81 bits per heavy atom. The summed E-state index contributed by atoms with van der Waals surface area (Å²) >= 11 is 6.42. The average Bonchev–Trinajstić information content (AvgIpc) is 3.35. The highest BCUT2D eigenvalue weighted by atomic mass is 35.5. The summed E-state index contributed by atoms with van der Waals surface area (Å²) in [5, 5.41) is 15.3. The van der Waals surface area contributed by atoms with Crippen molar-refractivity contribution in [2.24, 2.45) is 5.73 Å². The van der Waals surface area contributed by atoms with Gasteiger partial charge in [-0.3, -0.25) is 9.36 Å². The molecule has 8 nitrogen and oxygen atoms in total. The molecule has 0 radical (unpaired) electrons. The van der Waals surface area contributed by atoms with Gasteiger partial charge in [-0.1, -0.05) is 48.5 Å². The Balaban J connectivity index is 1.72. The number of hydrogen-bond donors (Lipinski definition) is 1. The molecule has 0 saturated heterocycles. The Bertz CT molecular complexity index is 1930. The molecule has 1 atom stereocenters. The number of fused-ring (bicyclic) bond motifs is 8. The van der Waals surface area contributed by atoms with Gasteiger partial charge in [-0.25, -0.2) is 4.98 Å². The van der Waals surface area contributed by atoms with Crippen molar-refractivity contribution in [3.63, 3.8) is 0 Å². The van der Waals surface area contributed by atoms with E-state index in [1.54, 1.807) is 29.7 Å². The fourth-order valence-electron chi connectivity index (χ4n) is 5.66. The van der Waals surface area contributed by atoms with Crippen LogP contribution in [-0.2, 0) is 5.41 Å². The molecule has 178 valence electrons. The minimum atomic E-state index is -1.37. The standard InChI is InChI=1S/C28H17ClN6O2/c1-15-23-26(35(29)33-15)37-24(31)20(14-30)28(23)19-13-17(16-7-3-2-4-8-16)11-12-22(19)34-25(36)18-9-5-6-10-21(18)32-27(28)34/h2-13H,31H2,1H3/t28-/m0/s1. The Hall–Kier alpha value is -4.87. The summed E-state index contributed by atoms with van der Waals surface area (Å²) in [4.78, 5) is 18.9. The van der Waals surface area contributed by atoms with E-state index in [4.69, 9.17) is 27.2 Å². The van der Waals surface area contributed by atoms with Crippen molar-refractivity contribution in [1.82, 2.24) is 18.9 Å². The van der Waals surface area contributed by atoms with Gasteiger partial charge in [-0.2, -0.15) is 10.4 Å². The second kappa shape index (κ2) is 7.32. The van der Waals surface area contributed by atoms with Crippen molar-refractivity contribution in [3.05, 3.63) is 117 Å². The van der Waals surface area contributed by atoms with Crippen LogP contribution in [0.25, 0.3) is 27.7 Å². The topological polar surface area (TPSA) is 112 Å². The summed E-state index contributed by atoms with van der Waals surface area (Å²) in [6, 6.07) is 25.1. The summed E-state index contributed by atoms with van der Waals surface area (Å²) in [7, 11) is 0. The molecule has 0 aliphatic carbocycles. The molecule has 9 heteroatoms. The lowest BCUT2D eigenvalue weighted by Gasteiger charge is -2.34. The molecule has 2 aromatic heterocycles. The van der Waals surface area contributed by atoms with Crippen LogP contribution in [0.3, 0.4) is 0 Å². The van der Waals surface area contributed by atoms with Gasteiger partial charge in [0.2, 0.25) is 11.8 Å². The second-order valence-electron chi connectivity index (χ2n) is 9.02. The zero-order valence-corrected chi connectivity index (χ0v) is 20.2. The number of benzene rings is 3. The average molecular weight is 505 g/mol. The molecular formula is C28H17ClN6O2. The van der Waals surface area contributed by atoms with Crippen molar-refractivity contribution in [2.75, 3.05) is 0 Å². The molecule has 2 aliphatic rings. The molecule has 7 rings (SSSR count). The van der Waals surface area contributed by atoms with Crippen LogP contribution in [0, 0.1) is 18.3 Å². The van der Waals surface area contributed by atoms with E-state index < -0.39 is 5.41 Å². The first kappa shape index (κ1) is 21.4. The van der Waals surface area contributed by atoms with Gasteiger partial charge in [-0.15, -0.1) is 4.20 Å². The number of nitriles is 1. The van der Waals surface area contributed by atoms with Crippen LogP contribution in [-0.4, -0.2) is 18.9 Å². The minimum Gasteiger partial charge on any atom is -0.421 e. The Labute approximate surface area is 215 Å². The van der Waals surface area contributed by atoms with Gasteiger partial charge in [0, 0.05) is 17.3 Å². The highest BCUT2D eigenvalue weighted by Crippen LogP contribution is 2.57. The third-order valence-corrected chi connectivity index (χ3v) is 7.38. The predicted octanol–water partition coefficient (Wildman–Crippen LogP) is 4.29. The van der Waals surface area contributed by atoms with Gasteiger partial charge in [0.25, 0.3) is 5.56 Å². The van der Waals surface area contributed by atoms with Gasteiger partial charge >= 0.3 is 0 Å². The first-order valence-electron chi connectivity index (χ1n) is 11.5. The number of para-hydroxylation sites is 1. The molecule has 0 bridgehead atoms. The van der Waals surface area contributed by atoms with Gasteiger partial charge < -0.3 is 10.5 Å². The van der Waals surface area contributed by atoms with Crippen molar-refractivity contribution in [2.45, 2.75) is 12.3 Å². The molecule has 37 heavy (non-hydrogen) atoms. The smallest absolute Gasteiger partial charge is 0.266 e. The molecule has 5 aromatic rings. The molecule has 0 fully saturated rings. The third kappa shape index (κ3) is 2.58. The van der Waals surface area contributed by atoms with E-state index in [0.717, 1.165) is 15.3 Å². The molecular weight excluding hydrogens is 488 g/mol. The van der Waals surface area contributed by atoms with E-state index in [-0.39, 0.29) is 22.9 Å². The lowest BCUT2D eigenvalue weighted by molar-refractivity contribution is 0.360. The quantitative estimate of drug-likeness (QED) is 0.364. The van der Waals surface area contributed by atoms with Crippen LogP contribution in [0.4, 0.5) is 0 Å². The van der Waals surface area contributed by atoms with Gasteiger partial charge in [0.1, 0.15) is 22.9 Å². The number of aryl methyl sites for hydroxylation is 1. The van der Waals surface area contributed by atoms with E-state index in [2.05, 4.69) is 11.2 Å². The molecule has 0 unspecified atom stereocenters. The maximum absolute atomic E-state index is 14.0. The number of nitrogens with zero attached hydrogens (tertiary/aromatic N) is 5. The van der Waals surface area contributed by atoms with Gasteiger partial charge in [-0.05, 0) is 42.3 Å². The Kier molecular flexibility index (Phi) is 4.24. The monoisotopic (exact) mass is 504 g/mol. The molecule has 0 amide bonds. The summed E-state index contributed by atoms with van der Waals surface area (Å²) in [6.07, 6.45) is 0. The zero-order valence-electron chi connectivity index (χ0n) is 19.4. The number of ether oxygens (including phenoxy) is 1. The number of rotatable bonds is 1. The summed E-state index contributed by atoms with van der Waals surface area (Å²) in [5.41, 5.74) is 9.60. The van der Waals surface area contributed by atoms with Crippen molar-refractivity contribution in [3.8, 4) is 28.8 Å². The lowest BCUT2D eigenvalue weighted by atomic mass is 9.68. The van der Waals surface area contributed by atoms with E-state index >= 15 is 0 Å². The molecule has 2 aliphatic heterocycles. The largest absolute Gasteiger partial charge is 0.421 e. The third-order valence-electron chi connectivity index (χ3n) is 7.16. The van der Waals surface area contributed by atoms with Crippen molar-refractivity contribution < 1.29 is 4.74 Å². The van der Waals surface area contributed by atoms with E-state index in [1.165, 1.54) is 0 Å².